The van der Waals surface area contributed by atoms with Crippen molar-refractivity contribution in [1.29, 1.82) is 0 Å². The molecule has 130 valence electrons. The van der Waals surface area contributed by atoms with E-state index in [1.165, 1.54) is 18.2 Å². The summed E-state index contributed by atoms with van der Waals surface area (Å²) in [4.78, 5) is 21.8. The molecule has 0 radical (unpaired) electrons. The van der Waals surface area contributed by atoms with E-state index in [1.54, 1.807) is 49.6 Å². The third-order valence-corrected chi connectivity index (χ3v) is 3.26. The number of amides is 1. The number of ether oxygens (including phenoxy) is 2. The molecule has 7 nitrogen and oxygen atoms in total. The molecule has 0 aliphatic carbocycles. The Morgan fingerprint density at radius 2 is 1.76 bits per heavy atom. The van der Waals surface area contributed by atoms with Crippen molar-refractivity contribution in [3.63, 3.8) is 0 Å². The number of nitrogens with one attached hydrogen (secondary N) is 1. The van der Waals surface area contributed by atoms with Crippen molar-refractivity contribution < 1.29 is 19.2 Å². The largest absolute Gasteiger partial charge is 0.497 e. The molecule has 25 heavy (non-hydrogen) atoms. The Bertz CT molecular complexity index is 739. The van der Waals surface area contributed by atoms with Gasteiger partial charge in [-0.25, -0.2) is 0 Å². The van der Waals surface area contributed by atoms with Crippen LogP contribution in [0.4, 0.5) is 5.69 Å². The Kier molecular flexibility index (Phi) is 6.53. The summed E-state index contributed by atoms with van der Waals surface area (Å²) >= 11 is 0. The maximum atomic E-state index is 11.7. The van der Waals surface area contributed by atoms with Gasteiger partial charge < -0.3 is 14.8 Å². The Hall–Kier alpha value is -3.35. The van der Waals surface area contributed by atoms with Gasteiger partial charge in [-0.1, -0.05) is 0 Å². The van der Waals surface area contributed by atoms with E-state index in [4.69, 9.17) is 9.47 Å². The molecule has 0 fully saturated rings. The van der Waals surface area contributed by atoms with Gasteiger partial charge in [-0.2, -0.15) is 0 Å². The smallest absolute Gasteiger partial charge is 0.269 e. The number of rotatable bonds is 8. The van der Waals surface area contributed by atoms with E-state index < -0.39 is 4.92 Å². The molecule has 0 aliphatic rings. The van der Waals surface area contributed by atoms with Gasteiger partial charge in [-0.05, 0) is 48.0 Å². The van der Waals surface area contributed by atoms with Crippen LogP contribution in [-0.2, 0) is 4.79 Å². The number of nitro groups is 1. The minimum Gasteiger partial charge on any atom is -0.497 e. The minimum absolute atomic E-state index is 0.0114. The molecule has 0 aliphatic heterocycles. The lowest BCUT2D eigenvalue weighted by atomic mass is 10.2. The number of nitrogens with zero attached hydrogens (tertiary/aromatic N) is 1. The lowest BCUT2D eigenvalue weighted by Gasteiger charge is -2.07. The zero-order chi connectivity index (χ0) is 18.1. The summed E-state index contributed by atoms with van der Waals surface area (Å²) in [6.07, 6.45) is 2.96. The first-order chi connectivity index (χ1) is 12.1. The van der Waals surface area contributed by atoms with Crippen LogP contribution < -0.4 is 14.8 Å². The molecule has 1 N–H and O–H groups in total. The Morgan fingerprint density at radius 1 is 1.12 bits per heavy atom. The van der Waals surface area contributed by atoms with Crippen LogP contribution in [0.5, 0.6) is 11.5 Å². The lowest BCUT2D eigenvalue weighted by Crippen LogP contribution is -2.26. The minimum atomic E-state index is -0.469. The quantitative estimate of drug-likeness (QED) is 0.345. The lowest BCUT2D eigenvalue weighted by molar-refractivity contribution is -0.384. The second kappa shape index (κ2) is 9.07. The molecule has 0 spiro atoms. The van der Waals surface area contributed by atoms with Crippen LogP contribution >= 0.6 is 0 Å². The first-order valence-electron chi connectivity index (χ1n) is 7.56. The third kappa shape index (κ3) is 5.98. The molecule has 2 aromatic carbocycles. The molecule has 1 amide bonds. The van der Waals surface area contributed by atoms with Gasteiger partial charge in [0.25, 0.3) is 5.69 Å². The van der Waals surface area contributed by atoms with Gasteiger partial charge in [0.2, 0.25) is 5.91 Å². The number of nitro benzene ring substituents is 1. The van der Waals surface area contributed by atoms with Crippen molar-refractivity contribution in [1.82, 2.24) is 5.32 Å². The third-order valence-electron chi connectivity index (χ3n) is 3.26. The molecular weight excluding hydrogens is 324 g/mol. The Morgan fingerprint density at radius 3 is 2.36 bits per heavy atom. The molecule has 0 atom stereocenters. The van der Waals surface area contributed by atoms with E-state index >= 15 is 0 Å². The van der Waals surface area contributed by atoms with Crippen molar-refractivity contribution in [2.75, 3.05) is 20.3 Å². The van der Waals surface area contributed by atoms with E-state index in [2.05, 4.69) is 5.32 Å². The van der Waals surface area contributed by atoms with Gasteiger partial charge in [0, 0.05) is 18.2 Å². The Labute approximate surface area is 145 Å². The average Bonchev–Trinajstić information content (AvgIpc) is 2.64. The van der Waals surface area contributed by atoms with Gasteiger partial charge >= 0.3 is 0 Å². The molecule has 0 saturated heterocycles. The second-order valence-corrected chi connectivity index (χ2v) is 5.00. The fourth-order valence-corrected chi connectivity index (χ4v) is 1.95. The van der Waals surface area contributed by atoms with Crippen molar-refractivity contribution in [3.8, 4) is 11.5 Å². The van der Waals surface area contributed by atoms with Crippen molar-refractivity contribution in [3.05, 3.63) is 70.3 Å². The molecule has 2 rings (SSSR count). The van der Waals surface area contributed by atoms with E-state index in [0.717, 1.165) is 5.75 Å². The molecule has 0 unspecified atom stereocenters. The summed E-state index contributed by atoms with van der Waals surface area (Å²) in [5.41, 5.74) is 0.715. The van der Waals surface area contributed by atoms with Crippen LogP contribution in [0, 0.1) is 10.1 Å². The van der Waals surface area contributed by atoms with Crippen LogP contribution in [0.1, 0.15) is 5.56 Å². The maximum Gasteiger partial charge on any atom is 0.269 e. The highest BCUT2D eigenvalue weighted by molar-refractivity contribution is 5.91. The summed E-state index contributed by atoms with van der Waals surface area (Å²) in [6, 6.07) is 13.1. The van der Waals surface area contributed by atoms with Crippen molar-refractivity contribution in [2.45, 2.75) is 0 Å². The molecule has 2 aromatic rings. The second-order valence-electron chi connectivity index (χ2n) is 5.00. The number of carbonyl (C=O) groups excluding carboxylic acids is 1. The number of carbonyl (C=O) groups is 1. The van der Waals surface area contributed by atoms with Crippen molar-refractivity contribution in [2.24, 2.45) is 0 Å². The van der Waals surface area contributed by atoms with Gasteiger partial charge in [0.1, 0.15) is 18.1 Å². The van der Waals surface area contributed by atoms with Gasteiger partial charge in [-0.3, -0.25) is 14.9 Å². The standard InChI is InChI=1S/C18H18N2O5/c1-24-16-7-9-17(10-8-16)25-13-12-19-18(21)11-4-14-2-5-15(6-3-14)20(22)23/h2-11H,12-13H2,1H3,(H,19,21). The van der Waals surface area contributed by atoms with Gasteiger partial charge in [-0.15, -0.1) is 0 Å². The van der Waals surface area contributed by atoms with Crippen LogP contribution in [0.2, 0.25) is 0 Å². The highest BCUT2D eigenvalue weighted by Gasteiger charge is 2.02. The normalized spacial score (nSPS) is 10.4. The number of non-ortho nitro benzene ring substituents is 1. The highest BCUT2D eigenvalue weighted by Crippen LogP contribution is 2.16. The summed E-state index contributed by atoms with van der Waals surface area (Å²) < 4.78 is 10.6. The monoisotopic (exact) mass is 342 g/mol. The summed E-state index contributed by atoms with van der Waals surface area (Å²) in [5.74, 6) is 1.17. The van der Waals surface area contributed by atoms with Crippen LogP contribution in [-0.4, -0.2) is 31.1 Å². The topological polar surface area (TPSA) is 90.7 Å². The van der Waals surface area contributed by atoms with Crippen LogP contribution in [0.25, 0.3) is 6.08 Å². The summed E-state index contributed by atoms with van der Waals surface area (Å²) in [6.45, 7) is 0.693. The SMILES string of the molecule is COc1ccc(OCCNC(=O)C=Cc2ccc([N+](=O)[O-])cc2)cc1. The maximum absolute atomic E-state index is 11.7. The summed E-state index contributed by atoms with van der Waals surface area (Å²) in [7, 11) is 1.59. The molecule has 0 bridgehead atoms. The number of hydrogen-bond acceptors (Lipinski definition) is 5. The fraction of sp³-hybridized carbons (Fsp3) is 0.167. The molecule has 0 saturated carbocycles. The number of hydrogen-bond donors (Lipinski definition) is 1. The molecular formula is C18H18N2O5. The predicted octanol–water partition coefficient (Wildman–Crippen LogP) is 2.81. The molecule has 0 heterocycles. The molecule has 7 heteroatoms. The summed E-state index contributed by atoms with van der Waals surface area (Å²) in [5, 5.41) is 13.3. The van der Waals surface area contributed by atoms with Crippen LogP contribution in [0.15, 0.2) is 54.6 Å². The first kappa shape index (κ1) is 18.0. The zero-order valence-corrected chi connectivity index (χ0v) is 13.7. The zero-order valence-electron chi connectivity index (χ0n) is 13.7. The van der Waals surface area contributed by atoms with Crippen LogP contribution in [0.3, 0.4) is 0 Å². The van der Waals surface area contributed by atoms with E-state index in [-0.39, 0.29) is 11.6 Å². The first-order valence-corrected chi connectivity index (χ1v) is 7.56. The highest BCUT2D eigenvalue weighted by atomic mass is 16.6. The average molecular weight is 342 g/mol. The fourth-order valence-electron chi connectivity index (χ4n) is 1.95. The Balaban J connectivity index is 1.71. The van der Waals surface area contributed by atoms with Crippen molar-refractivity contribution >= 4 is 17.7 Å². The van der Waals surface area contributed by atoms with E-state index in [9.17, 15) is 14.9 Å². The van der Waals surface area contributed by atoms with E-state index in [1.807, 2.05) is 0 Å². The number of methoxy groups -OCH3 is 1. The molecule has 0 aromatic heterocycles. The van der Waals surface area contributed by atoms with E-state index in [0.29, 0.717) is 24.5 Å². The van der Waals surface area contributed by atoms with Gasteiger partial charge in [0.15, 0.2) is 0 Å². The number of benzene rings is 2. The van der Waals surface area contributed by atoms with Gasteiger partial charge in [0.05, 0.1) is 18.6 Å². The predicted molar refractivity (Wildman–Crippen MR) is 93.6 cm³/mol.